The second kappa shape index (κ2) is 4.21. The second-order valence-corrected chi connectivity index (χ2v) is 3.19. The Kier molecular flexibility index (Phi) is 3.23. The standard InChI is InChI=1S/C10H16N2/c1-3-8(2)10(11)9-4-6-12-7-5-9/h4-8,10H,3,11H2,1-2H3. The molecule has 2 nitrogen and oxygen atoms in total. The van der Waals surface area contributed by atoms with Crippen LogP contribution in [0.3, 0.4) is 0 Å². The third kappa shape index (κ3) is 2.05. The molecule has 0 aliphatic rings. The van der Waals surface area contributed by atoms with E-state index in [4.69, 9.17) is 5.73 Å². The molecule has 0 radical (unpaired) electrons. The largest absolute Gasteiger partial charge is 0.324 e. The van der Waals surface area contributed by atoms with Gasteiger partial charge in [0, 0.05) is 18.4 Å². The molecule has 12 heavy (non-hydrogen) atoms. The number of pyridine rings is 1. The van der Waals surface area contributed by atoms with Crippen LogP contribution < -0.4 is 5.73 Å². The Morgan fingerprint density at radius 1 is 1.42 bits per heavy atom. The van der Waals surface area contributed by atoms with Crippen LogP contribution in [-0.2, 0) is 0 Å². The van der Waals surface area contributed by atoms with E-state index in [2.05, 4.69) is 18.8 Å². The van der Waals surface area contributed by atoms with Crippen molar-refractivity contribution in [3.05, 3.63) is 30.1 Å². The first-order chi connectivity index (χ1) is 5.75. The molecule has 0 aliphatic heterocycles. The molecule has 1 aromatic rings. The number of nitrogens with two attached hydrogens (primary N) is 1. The van der Waals surface area contributed by atoms with E-state index in [0.29, 0.717) is 5.92 Å². The van der Waals surface area contributed by atoms with Crippen LogP contribution >= 0.6 is 0 Å². The van der Waals surface area contributed by atoms with E-state index in [1.807, 2.05) is 12.1 Å². The van der Waals surface area contributed by atoms with E-state index < -0.39 is 0 Å². The van der Waals surface area contributed by atoms with Crippen molar-refractivity contribution in [3.63, 3.8) is 0 Å². The van der Waals surface area contributed by atoms with Crippen molar-refractivity contribution < 1.29 is 0 Å². The Hall–Kier alpha value is -0.890. The maximum absolute atomic E-state index is 6.02. The van der Waals surface area contributed by atoms with Gasteiger partial charge in [0.05, 0.1) is 0 Å². The highest BCUT2D eigenvalue weighted by atomic mass is 14.7. The molecule has 0 amide bonds. The van der Waals surface area contributed by atoms with Gasteiger partial charge in [0.1, 0.15) is 0 Å². The van der Waals surface area contributed by atoms with Gasteiger partial charge in [-0.05, 0) is 23.6 Å². The summed E-state index contributed by atoms with van der Waals surface area (Å²) in [5.74, 6) is 0.535. The molecule has 1 heterocycles. The number of hydrogen-bond acceptors (Lipinski definition) is 2. The average Bonchev–Trinajstić information content (AvgIpc) is 2.17. The van der Waals surface area contributed by atoms with Gasteiger partial charge < -0.3 is 5.73 Å². The Labute approximate surface area is 73.8 Å². The number of aromatic nitrogens is 1. The van der Waals surface area contributed by atoms with Crippen LogP contribution in [0.2, 0.25) is 0 Å². The zero-order valence-corrected chi connectivity index (χ0v) is 7.70. The maximum Gasteiger partial charge on any atom is 0.0321 e. The van der Waals surface area contributed by atoms with Gasteiger partial charge in [0.15, 0.2) is 0 Å². The first kappa shape index (κ1) is 9.20. The molecule has 66 valence electrons. The molecule has 2 atom stereocenters. The molecule has 2 heteroatoms. The summed E-state index contributed by atoms with van der Waals surface area (Å²) in [6.45, 7) is 4.33. The molecule has 2 N–H and O–H groups in total. The van der Waals surface area contributed by atoms with Crippen molar-refractivity contribution in [2.45, 2.75) is 26.3 Å². The minimum absolute atomic E-state index is 0.151. The zero-order valence-electron chi connectivity index (χ0n) is 7.70. The molecular formula is C10H16N2. The van der Waals surface area contributed by atoms with Gasteiger partial charge in [-0.3, -0.25) is 4.98 Å². The van der Waals surface area contributed by atoms with E-state index >= 15 is 0 Å². The highest BCUT2D eigenvalue weighted by Crippen LogP contribution is 2.20. The first-order valence-electron chi connectivity index (χ1n) is 4.41. The third-order valence-corrected chi connectivity index (χ3v) is 2.35. The Morgan fingerprint density at radius 3 is 2.50 bits per heavy atom. The lowest BCUT2D eigenvalue weighted by Gasteiger charge is -2.17. The smallest absolute Gasteiger partial charge is 0.0321 e. The summed E-state index contributed by atoms with van der Waals surface area (Å²) in [6.07, 6.45) is 4.69. The van der Waals surface area contributed by atoms with Crippen LogP contribution in [0.4, 0.5) is 0 Å². The van der Waals surface area contributed by atoms with Crippen LogP contribution in [0.5, 0.6) is 0 Å². The molecule has 2 unspecified atom stereocenters. The number of nitrogens with zero attached hydrogens (tertiary/aromatic N) is 1. The summed E-state index contributed by atoms with van der Waals surface area (Å²) in [7, 11) is 0. The molecule has 0 saturated carbocycles. The minimum atomic E-state index is 0.151. The van der Waals surface area contributed by atoms with Crippen LogP contribution in [0, 0.1) is 5.92 Å². The summed E-state index contributed by atoms with van der Waals surface area (Å²) in [5, 5.41) is 0. The molecule has 0 aliphatic carbocycles. The monoisotopic (exact) mass is 164 g/mol. The Morgan fingerprint density at radius 2 is 2.00 bits per heavy atom. The summed E-state index contributed by atoms with van der Waals surface area (Å²) >= 11 is 0. The van der Waals surface area contributed by atoms with Gasteiger partial charge >= 0.3 is 0 Å². The highest BCUT2D eigenvalue weighted by Gasteiger charge is 2.11. The van der Waals surface area contributed by atoms with E-state index in [-0.39, 0.29) is 6.04 Å². The lowest BCUT2D eigenvalue weighted by atomic mass is 9.94. The molecule has 0 fully saturated rings. The maximum atomic E-state index is 6.02. The van der Waals surface area contributed by atoms with Crippen molar-refractivity contribution in [1.29, 1.82) is 0 Å². The van der Waals surface area contributed by atoms with Crippen molar-refractivity contribution >= 4 is 0 Å². The van der Waals surface area contributed by atoms with Crippen LogP contribution in [0.25, 0.3) is 0 Å². The molecule has 0 aromatic carbocycles. The van der Waals surface area contributed by atoms with E-state index in [1.54, 1.807) is 12.4 Å². The minimum Gasteiger partial charge on any atom is -0.324 e. The van der Waals surface area contributed by atoms with Crippen molar-refractivity contribution in [3.8, 4) is 0 Å². The lowest BCUT2D eigenvalue weighted by molar-refractivity contribution is 0.456. The number of hydrogen-bond donors (Lipinski definition) is 1. The SMILES string of the molecule is CCC(C)C(N)c1ccncc1. The van der Waals surface area contributed by atoms with Crippen molar-refractivity contribution in [2.75, 3.05) is 0 Å². The van der Waals surface area contributed by atoms with Gasteiger partial charge in [-0.1, -0.05) is 20.3 Å². The van der Waals surface area contributed by atoms with Gasteiger partial charge in [-0.25, -0.2) is 0 Å². The van der Waals surface area contributed by atoms with Crippen LogP contribution in [0.1, 0.15) is 31.9 Å². The molecule has 0 bridgehead atoms. The van der Waals surface area contributed by atoms with Gasteiger partial charge in [-0.15, -0.1) is 0 Å². The fourth-order valence-electron chi connectivity index (χ4n) is 1.17. The summed E-state index contributed by atoms with van der Waals surface area (Å²) in [6, 6.07) is 4.12. The summed E-state index contributed by atoms with van der Waals surface area (Å²) < 4.78 is 0. The van der Waals surface area contributed by atoms with E-state index in [9.17, 15) is 0 Å². The predicted octanol–water partition coefficient (Wildman–Crippen LogP) is 2.13. The average molecular weight is 164 g/mol. The number of rotatable bonds is 3. The van der Waals surface area contributed by atoms with Crippen LogP contribution in [-0.4, -0.2) is 4.98 Å². The second-order valence-electron chi connectivity index (χ2n) is 3.19. The molecule has 1 rings (SSSR count). The zero-order chi connectivity index (χ0) is 8.97. The van der Waals surface area contributed by atoms with Crippen molar-refractivity contribution in [1.82, 2.24) is 4.98 Å². The fourth-order valence-corrected chi connectivity index (χ4v) is 1.17. The normalized spacial score (nSPS) is 15.6. The van der Waals surface area contributed by atoms with E-state index in [0.717, 1.165) is 6.42 Å². The van der Waals surface area contributed by atoms with Gasteiger partial charge in [0.2, 0.25) is 0 Å². The van der Waals surface area contributed by atoms with E-state index in [1.165, 1.54) is 5.56 Å². The summed E-state index contributed by atoms with van der Waals surface area (Å²) in [4.78, 5) is 3.96. The fraction of sp³-hybridized carbons (Fsp3) is 0.500. The van der Waals surface area contributed by atoms with Crippen LogP contribution in [0.15, 0.2) is 24.5 Å². The first-order valence-corrected chi connectivity index (χ1v) is 4.41. The van der Waals surface area contributed by atoms with Gasteiger partial charge in [-0.2, -0.15) is 0 Å². The molecule has 0 saturated heterocycles. The lowest BCUT2D eigenvalue weighted by Crippen LogP contribution is -2.18. The molecule has 1 aromatic heterocycles. The topological polar surface area (TPSA) is 38.9 Å². The Bertz CT molecular complexity index is 221. The Balaban J connectivity index is 2.71. The third-order valence-electron chi connectivity index (χ3n) is 2.35. The quantitative estimate of drug-likeness (QED) is 0.743. The van der Waals surface area contributed by atoms with Crippen molar-refractivity contribution in [2.24, 2.45) is 11.7 Å². The predicted molar refractivity (Wildman–Crippen MR) is 50.6 cm³/mol. The molecular weight excluding hydrogens is 148 g/mol. The summed E-state index contributed by atoms with van der Waals surface area (Å²) in [5.41, 5.74) is 7.20. The van der Waals surface area contributed by atoms with Gasteiger partial charge in [0.25, 0.3) is 0 Å². The molecule has 0 spiro atoms. The highest BCUT2D eigenvalue weighted by molar-refractivity contribution is 5.14.